The largest absolute Gasteiger partial charge is 0.393 e. The van der Waals surface area contributed by atoms with Gasteiger partial charge in [-0.05, 0) is 69.6 Å². The van der Waals surface area contributed by atoms with Crippen molar-refractivity contribution in [2.45, 2.75) is 64.0 Å². The Morgan fingerprint density at radius 3 is 2.65 bits per heavy atom. The first-order valence-electron chi connectivity index (χ1n) is 9.99. The highest BCUT2D eigenvalue weighted by Gasteiger charge is 2.50. The van der Waals surface area contributed by atoms with Gasteiger partial charge in [0.05, 0.1) is 22.2 Å². The molecule has 1 saturated carbocycles. The van der Waals surface area contributed by atoms with Crippen molar-refractivity contribution in [2.75, 3.05) is 24.5 Å². The highest BCUT2D eigenvalue weighted by molar-refractivity contribution is 6.33. The van der Waals surface area contributed by atoms with Gasteiger partial charge in [-0.1, -0.05) is 17.7 Å². The lowest BCUT2D eigenvalue weighted by Crippen LogP contribution is -2.50. The quantitative estimate of drug-likeness (QED) is 0.854. The fourth-order valence-electron chi connectivity index (χ4n) is 5.15. The van der Waals surface area contributed by atoms with E-state index in [0.717, 1.165) is 80.9 Å². The summed E-state index contributed by atoms with van der Waals surface area (Å²) < 4.78 is 0. The van der Waals surface area contributed by atoms with Crippen LogP contribution >= 0.6 is 11.6 Å². The molecule has 26 heavy (non-hydrogen) atoms. The van der Waals surface area contributed by atoms with Crippen LogP contribution in [0.15, 0.2) is 18.2 Å². The van der Waals surface area contributed by atoms with Crippen molar-refractivity contribution in [1.29, 1.82) is 0 Å². The second-order valence-corrected chi connectivity index (χ2v) is 8.88. The zero-order valence-corrected chi connectivity index (χ0v) is 16.3. The number of aliphatic hydroxyl groups excluding tert-OH is 1. The van der Waals surface area contributed by atoms with Gasteiger partial charge in [-0.15, -0.1) is 0 Å². The number of amides is 1. The highest BCUT2D eigenvalue weighted by atomic mass is 35.5. The topological polar surface area (TPSA) is 43.8 Å². The van der Waals surface area contributed by atoms with E-state index in [0.29, 0.717) is 11.9 Å². The van der Waals surface area contributed by atoms with E-state index in [1.807, 2.05) is 13.0 Å². The third-order valence-corrected chi connectivity index (χ3v) is 6.98. The van der Waals surface area contributed by atoms with Gasteiger partial charge in [0.15, 0.2) is 0 Å². The Kier molecular flexibility index (Phi) is 4.91. The van der Waals surface area contributed by atoms with Crippen LogP contribution in [0.1, 0.15) is 50.5 Å². The number of likely N-dealkylation sites (tertiary alicyclic amines) is 1. The van der Waals surface area contributed by atoms with E-state index < -0.39 is 0 Å². The number of rotatable bonds is 2. The Labute approximate surface area is 161 Å². The SMILES string of the molecule is Cc1ccc(N2CCC[C@]3(CCN([C@H]4CC[C@H](O)CC4)C3=O)C2)c(Cl)c1. The lowest BCUT2D eigenvalue weighted by atomic mass is 9.78. The molecule has 1 amide bonds. The van der Waals surface area contributed by atoms with E-state index in [4.69, 9.17) is 11.6 Å². The number of hydrogen-bond acceptors (Lipinski definition) is 3. The summed E-state index contributed by atoms with van der Waals surface area (Å²) in [4.78, 5) is 17.8. The molecule has 1 atom stereocenters. The molecule has 0 aromatic heterocycles. The van der Waals surface area contributed by atoms with Gasteiger partial charge in [-0.2, -0.15) is 0 Å². The highest BCUT2D eigenvalue weighted by Crippen LogP contribution is 2.44. The number of carbonyl (C=O) groups is 1. The predicted octanol–water partition coefficient (Wildman–Crippen LogP) is 3.77. The zero-order valence-electron chi connectivity index (χ0n) is 15.6. The summed E-state index contributed by atoms with van der Waals surface area (Å²) in [6, 6.07) is 6.52. The number of hydrogen-bond donors (Lipinski definition) is 1. The lowest BCUT2D eigenvalue weighted by Gasteiger charge is -2.41. The second-order valence-electron chi connectivity index (χ2n) is 8.47. The first-order valence-corrected chi connectivity index (χ1v) is 10.4. The van der Waals surface area contributed by atoms with Crippen LogP contribution in [0.3, 0.4) is 0 Å². The molecule has 5 heteroatoms. The maximum atomic E-state index is 13.4. The molecule has 0 unspecified atom stereocenters. The van der Waals surface area contributed by atoms with Crippen LogP contribution in [0.25, 0.3) is 0 Å². The summed E-state index contributed by atoms with van der Waals surface area (Å²) in [5, 5.41) is 10.5. The van der Waals surface area contributed by atoms with Crippen LogP contribution in [0.5, 0.6) is 0 Å². The van der Waals surface area contributed by atoms with Crippen LogP contribution < -0.4 is 4.90 Å². The van der Waals surface area contributed by atoms with Crippen LogP contribution in [-0.2, 0) is 4.79 Å². The van der Waals surface area contributed by atoms with Crippen molar-refractivity contribution in [1.82, 2.24) is 4.90 Å². The Hall–Kier alpha value is -1.26. The van der Waals surface area contributed by atoms with Gasteiger partial charge in [-0.3, -0.25) is 4.79 Å². The number of benzene rings is 1. The van der Waals surface area contributed by atoms with E-state index in [2.05, 4.69) is 21.9 Å². The summed E-state index contributed by atoms with van der Waals surface area (Å²) in [7, 11) is 0. The van der Waals surface area contributed by atoms with Crippen LogP contribution in [0, 0.1) is 12.3 Å². The summed E-state index contributed by atoms with van der Waals surface area (Å²) in [5.74, 6) is 0.340. The van der Waals surface area contributed by atoms with E-state index in [9.17, 15) is 9.90 Å². The molecule has 3 fully saturated rings. The number of nitrogens with zero attached hydrogens (tertiary/aromatic N) is 2. The molecule has 1 aliphatic carbocycles. The Morgan fingerprint density at radius 1 is 1.15 bits per heavy atom. The molecule has 2 saturated heterocycles. The number of halogens is 1. The minimum atomic E-state index is -0.247. The molecule has 4 rings (SSSR count). The van der Waals surface area contributed by atoms with Gasteiger partial charge in [0, 0.05) is 25.7 Å². The third-order valence-electron chi connectivity index (χ3n) is 6.67. The third kappa shape index (κ3) is 3.22. The number of piperidine rings is 1. The molecule has 1 spiro atoms. The number of aliphatic hydroxyl groups is 1. The average Bonchev–Trinajstić information content (AvgIpc) is 2.92. The lowest BCUT2D eigenvalue weighted by molar-refractivity contribution is -0.139. The fourth-order valence-corrected chi connectivity index (χ4v) is 5.50. The number of carbonyl (C=O) groups excluding carboxylic acids is 1. The number of anilines is 1. The Morgan fingerprint density at radius 2 is 1.92 bits per heavy atom. The Bertz CT molecular complexity index is 687. The van der Waals surface area contributed by atoms with E-state index >= 15 is 0 Å². The maximum Gasteiger partial charge on any atom is 0.230 e. The minimum Gasteiger partial charge on any atom is -0.393 e. The minimum absolute atomic E-state index is 0.174. The summed E-state index contributed by atoms with van der Waals surface area (Å²) in [5.41, 5.74) is 1.97. The van der Waals surface area contributed by atoms with Crippen LogP contribution in [0.2, 0.25) is 5.02 Å². The van der Waals surface area contributed by atoms with Gasteiger partial charge in [0.2, 0.25) is 5.91 Å². The van der Waals surface area contributed by atoms with Crippen molar-refractivity contribution in [3.05, 3.63) is 28.8 Å². The molecule has 1 aromatic rings. The monoisotopic (exact) mass is 376 g/mol. The molecule has 1 N–H and O–H groups in total. The van der Waals surface area contributed by atoms with Crippen molar-refractivity contribution in [3.8, 4) is 0 Å². The molecular formula is C21H29ClN2O2. The van der Waals surface area contributed by atoms with E-state index in [-0.39, 0.29) is 11.5 Å². The molecule has 0 bridgehead atoms. The predicted molar refractivity (Wildman–Crippen MR) is 105 cm³/mol. The molecule has 2 heterocycles. The summed E-state index contributed by atoms with van der Waals surface area (Å²) >= 11 is 6.50. The summed E-state index contributed by atoms with van der Waals surface area (Å²) in [6.07, 6.45) is 6.33. The van der Waals surface area contributed by atoms with Crippen molar-refractivity contribution in [2.24, 2.45) is 5.41 Å². The molecule has 142 valence electrons. The van der Waals surface area contributed by atoms with Crippen LogP contribution in [-0.4, -0.2) is 47.7 Å². The van der Waals surface area contributed by atoms with Crippen LogP contribution in [0.4, 0.5) is 5.69 Å². The van der Waals surface area contributed by atoms with Gasteiger partial charge >= 0.3 is 0 Å². The second kappa shape index (κ2) is 7.05. The van der Waals surface area contributed by atoms with Gasteiger partial charge in [-0.25, -0.2) is 0 Å². The van der Waals surface area contributed by atoms with Crippen molar-refractivity contribution >= 4 is 23.2 Å². The standard InChI is InChI=1S/C21H29ClN2O2/c1-15-3-8-19(18(22)13-15)23-11-2-9-21(14-23)10-12-24(20(21)26)16-4-6-17(25)7-5-16/h3,8,13,16-17,25H,2,4-7,9-12,14H2,1H3/t16-,17-,21-/m0/s1. The van der Waals surface area contributed by atoms with Gasteiger partial charge in [0.1, 0.15) is 0 Å². The smallest absolute Gasteiger partial charge is 0.230 e. The summed E-state index contributed by atoms with van der Waals surface area (Å²) in [6.45, 7) is 4.66. The molecule has 2 aliphatic heterocycles. The average molecular weight is 377 g/mol. The molecule has 0 radical (unpaired) electrons. The first-order chi connectivity index (χ1) is 12.5. The molecular weight excluding hydrogens is 348 g/mol. The number of aryl methyl sites for hydroxylation is 1. The zero-order chi connectivity index (χ0) is 18.3. The first kappa shape index (κ1) is 18.1. The van der Waals surface area contributed by atoms with E-state index in [1.54, 1.807) is 0 Å². The maximum absolute atomic E-state index is 13.4. The molecule has 3 aliphatic rings. The van der Waals surface area contributed by atoms with E-state index in [1.165, 1.54) is 0 Å². The Balaban J connectivity index is 1.50. The normalized spacial score (nSPS) is 32.5. The van der Waals surface area contributed by atoms with Crippen molar-refractivity contribution in [3.63, 3.8) is 0 Å². The van der Waals surface area contributed by atoms with Gasteiger partial charge < -0.3 is 14.9 Å². The van der Waals surface area contributed by atoms with Gasteiger partial charge in [0.25, 0.3) is 0 Å². The van der Waals surface area contributed by atoms with Crippen molar-refractivity contribution < 1.29 is 9.90 Å². The fraction of sp³-hybridized carbons (Fsp3) is 0.667. The molecule has 4 nitrogen and oxygen atoms in total. The molecule has 1 aromatic carbocycles.